The number of carbonyl (C=O) groups is 1. The zero-order valence-corrected chi connectivity index (χ0v) is 11.4. The summed E-state index contributed by atoms with van der Waals surface area (Å²) in [6.07, 6.45) is 3.71. The maximum absolute atomic E-state index is 10.5. The van der Waals surface area contributed by atoms with Crippen LogP contribution in [0, 0.1) is 0 Å². The van der Waals surface area contributed by atoms with Crippen LogP contribution in [0.1, 0.15) is 36.1 Å². The number of carbonyl (C=O) groups excluding carboxylic acids is 1. The summed E-state index contributed by atoms with van der Waals surface area (Å²) in [6.45, 7) is 3.35. The summed E-state index contributed by atoms with van der Waals surface area (Å²) in [7, 11) is 0. The van der Waals surface area contributed by atoms with Crippen molar-refractivity contribution in [2.45, 2.75) is 32.2 Å². The minimum Gasteiger partial charge on any atom is -0.370 e. The Hall–Kier alpha value is -1.39. The molecule has 0 radical (unpaired) electrons. The number of hydrogen-bond acceptors (Lipinski definition) is 3. The molecule has 104 valence electrons. The monoisotopic (exact) mass is 262 g/mol. The first-order chi connectivity index (χ1) is 9.16. The fourth-order valence-corrected chi connectivity index (χ4v) is 2.50. The van der Waals surface area contributed by atoms with Crippen molar-refractivity contribution in [1.82, 2.24) is 5.32 Å². The van der Waals surface area contributed by atoms with Crippen LogP contribution >= 0.6 is 0 Å². The topological polar surface area (TPSA) is 64.3 Å². The van der Waals surface area contributed by atoms with Crippen LogP contribution in [0.4, 0.5) is 0 Å². The molecule has 1 aliphatic rings. The highest BCUT2D eigenvalue weighted by Gasteiger charge is 2.13. The summed E-state index contributed by atoms with van der Waals surface area (Å²) in [5.41, 5.74) is 9.31. The molecule has 4 nitrogen and oxygen atoms in total. The molecule has 1 unspecified atom stereocenters. The van der Waals surface area contributed by atoms with Crippen LogP contribution in [-0.4, -0.2) is 25.7 Å². The molecule has 1 amide bonds. The Morgan fingerprint density at radius 1 is 1.42 bits per heavy atom. The first-order valence-corrected chi connectivity index (χ1v) is 6.88. The summed E-state index contributed by atoms with van der Waals surface area (Å²) in [4.78, 5) is 10.5. The van der Waals surface area contributed by atoms with Gasteiger partial charge in [0.15, 0.2) is 0 Å². The lowest BCUT2D eigenvalue weighted by molar-refractivity contribution is -0.122. The van der Waals surface area contributed by atoms with Crippen molar-refractivity contribution in [3.63, 3.8) is 0 Å². The van der Waals surface area contributed by atoms with E-state index >= 15 is 0 Å². The standard InChI is InChI=1S/C15H22N2O2/c1-11(17-7-8-19-10-15(16)18)13-6-5-12-3-2-4-14(12)9-13/h5-6,9,11,17H,2-4,7-8,10H2,1H3,(H2,16,18). The zero-order chi connectivity index (χ0) is 13.7. The van der Waals surface area contributed by atoms with Gasteiger partial charge in [0.05, 0.1) is 6.61 Å². The van der Waals surface area contributed by atoms with Gasteiger partial charge < -0.3 is 15.8 Å². The Bertz CT molecular complexity index is 446. The van der Waals surface area contributed by atoms with Crippen LogP contribution in [0.25, 0.3) is 0 Å². The van der Waals surface area contributed by atoms with Crippen molar-refractivity contribution in [2.75, 3.05) is 19.8 Å². The van der Waals surface area contributed by atoms with E-state index in [0.29, 0.717) is 19.2 Å². The van der Waals surface area contributed by atoms with E-state index < -0.39 is 5.91 Å². The SMILES string of the molecule is CC(NCCOCC(N)=O)c1ccc2c(c1)CCC2. The summed E-state index contributed by atoms with van der Waals surface area (Å²) < 4.78 is 5.12. The third-order valence-corrected chi connectivity index (χ3v) is 3.56. The molecule has 1 atom stereocenters. The predicted molar refractivity (Wildman–Crippen MR) is 74.9 cm³/mol. The van der Waals surface area contributed by atoms with E-state index in [1.54, 1.807) is 0 Å². The normalized spacial score (nSPS) is 15.2. The van der Waals surface area contributed by atoms with Crippen LogP contribution < -0.4 is 11.1 Å². The highest BCUT2D eigenvalue weighted by atomic mass is 16.5. The molecular weight excluding hydrogens is 240 g/mol. The van der Waals surface area contributed by atoms with Crippen LogP contribution in [0.3, 0.4) is 0 Å². The number of ether oxygens (including phenoxy) is 1. The summed E-state index contributed by atoms with van der Waals surface area (Å²) >= 11 is 0. The molecule has 2 rings (SSSR count). The lowest BCUT2D eigenvalue weighted by Crippen LogP contribution is -2.26. The molecule has 0 saturated carbocycles. The van der Waals surface area contributed by atoms with Crippen LogP contribution in [0.5, 0.6) is 0 Å². The molecule has 3 N–H and O–H groups in total. The average Bonchev–Trinajstić information content (AvgIpc) is 2.84. The Labute approximate surface area is 114 Å². The van der Waals surface area contributed by atoms with Crippen LogP contribution in [-0.2, 0) is 22.4 Å². The number of hydrogen-bond donors (Lipinski definition) is 2. The maximum atomic E-state index is 10.5. The second-order valence-electron chi connectivity index (χ2n) is 5.08. The van der Waals surface area contributed by atoms with E-state index in [0.717, 1.165) is 0 Å². The van der Waals surface area contributed by atoms with Crippen molar-refractivity contribution >= 4 is 5.91 Å². The number of fused-ring (bicyclic) bond motifs is 1. The zero-order valence-electron chi connectivity index (χ0n) is 11.4. The first-order valence-electron chi connectivity index (χ1n) is 6.88. The Kier molecular flexibility index (Phi) is 4.93. The third-order valence-electron chi connectivity index (χ3n) is 3.56. The fourth-order valence-electron chi connectivity index (χ4n) is 2.50. The van der Waals surface area contributed by atoms with E-state index in [4.69, 9.17) is 10.5 Å². The van der Waals surface area contributed by atoms with Crippen molar-refractivity contribution < 1.29 is 9.53 Å². The summed E-state index contributed by atoms with van der Waals surface area (Å²) in [5.74, 6) is -0.424. The van der Waals surface area contributed by atoms with E-state index in [1.165, 1.54) is 36.0 Å². The third kappa shape index (κ3) is 4.04. The number of primary amides is 1. The summed E-state index contributed by atoms with van der Waals surface area (Å²) in [5, 5.41) is 3.39. The molecule has 0 heterocycles. The second kappa shape index (κ2) is 6.68. The second-order valence-corrected chi connectivity index (χ2v) is 5.08. The molecule has 1 aromatic rings. The van der Waals surface area contributed by atoms with Gasteiger partial charge in [-0.2, -0.15) is 0 Å². The number of nitrogens with two attached hydrogens (primary N) is 1. The van der Waals surface area contributed by atoms with Crippen LogP contribution in [0.15, 0.2) is 18.2 Å². The largest absolute Gasteiger partial charge is 0.370 e. The number of nitrogens with one attached hydrogen (secondary N) is 1. The molecule has 0 spiro atoms. The van der Waals surface area contributed by atoms with Crippen molar-refractivity contribution in [2.24, 2.45) is 5.73 Å². The highest BCUT2D eigenvalue weighted by molar-refractivity contribution is 5.74. The lowest BCUT2D eigenvalue weighted by atomic mass is 10.0. The molecule has 0 saturated heterocycles. The van der Waals surface area contributed by atoms with Gasteiger partial charge in [-0.15, -0.1) is 0 Å². The van der Waals surface area contributed by atoms with Gasteiger partial charge in [0.2, 0.25) is 5.91 Å². The van der Waals surface area contributed by atoms with E-state index in [1.807, 2.05) is 0 Å². The molecule has 1 aliphatic carbocycles. The van der Waals surface area contributed by atoms with Gasteiger partial charge in [0, 0.05) is 12.6 Å². The predicted octanol–water partition coefficient (Wildman–Crippen LogP) is 1.33. The number of benzene rings is 1. The van der Waals surface area contributed by atoms with Gasteiger partial charge in [-0.1, -0.05) is 18.2 Å². The van der Waals surface area contributed by atoms with E-state index in [9.17, 15) is 4.79 Å². The Morgan fingerprint density at radius 2 is 2.21 bits per heavy atom. The lowest BCUT2D eigenvalue weighted by Gasteiger charge is -2.15. The van der Waals surface area contributed by atoms with Gasteiger partial charge >= 0.3 is 0 Å². The van der Waals surface area contributed by atoms with E-state index in [-0.39, 0.29) is 6.61 Å². The first kappa shape index (κ1) is 14.0. The minimum absolute atomic E-state index is 0.00505. The van der Waals surface area contributed by atoms with Crippen molar-refractivity contribution in [1.29, 1.82) is 0 Å². The van der Waals surface area contributed by atoms with Crippen LogP contribution in [0.2, 0.25) is 0 Å². The number of aryl methyl sites for hydroxylation is 2. The fraction of sp³-hybridized carbons (Fsp3) is 0.533. The van der Waals surface area contributed by atoms with E-state index in [2.05, 4.69) is 30.4 Å². The maximum Gasteiger partial charge on any atom is 0.243 e. The van der Waals surface area contributed by atoms with Gasteiger partial charge in [-0.3, -0.25) is 4.79 Å². The average molecular weight is 262 g/mol. The highest BCUT2D eigenvalue weighted by Crippen LogP contribution is 2.25. The molecule has 1 aromatic carbocycles. The minimum atomic E-state index is -0.424. The molecule has 0 bridgehead atoms. The molecule has 0 aromatic heterocycles. The van der Waals surface area contributed by atoms with Crippen molar-refractivity contribution in [3.05, 3.63) is 34.9 Å². The molecule has 0 fully saturated rings. The molecule has 4 heteroatoms. The van der Waals surface area contributed by atoms with Gasteiger partial charge in [0.25, 0.3) is 0 Å². The van der Waals surface area contributed by atoms with Gasteiger partial charge in [0.1, 0.15) is 6.61 Å². The van der Waals surface area contributed by atoms with Crippen molar-refractivity contribution in [3.8, 4) is 0 Å². The molecule has 19 heavy (non-hydrogen) atoms. The summed E-state index contributed by atoms with van der Waals surface area (Å²) in [6, 6.07) is 7.05. The molecule has 0 aliphatic heterocycles. The molecular formula is C15H22N2O2. The quantitative estimate of drug-likeness (QED) is 0.729. The van der Waals surface area contributed by atoms with Gasteiger partial charge in [-0.05, 0) is 42.9 Å². The number of amides is 1. The Morgan fingerprint density at radius 3 is 3.00 bits per heavy atom. The van der Waals surface area contributed by atoms with Gasteiger partial charge in [-0.25, -0.2) is 0 Å². The smallest absolute Gasteiger partial charge is 0.243 e. The number of rotatable bonds is 7. The Balaban J connectivity index is 1.77.